The van der Waals surface area contributed by atoms with Gasteiger partial charge >= 0.3 is 0 Å². The Kier molecular flexibility index (Phi) is 5.71. The lowest BCUT2D eigenvalue weighted by atomic mass is 10.1. The molecular weight excluding hydrogens is 378 g/mol. The van der Waals surface area contributed by atoms with E-state index in [0.717, 1.165) is 22.9 Å². The maximum absolute atomic E-state index is 12.9. The van der Waals surface area contributed by atoms with Crippen molar-refractivity contribution in [1.82, 2.24) is 4.31 Å². The van der Waals surface area contributed by atoms with Gasteiger partial charge in [0.2, 0.25) is 10.0 Å². The van der Waals surface area contributed by atoms with Gasteiger partial charge in [0.25, 0.3) is 0 Å². The fourth-order valence-electron chi connectivity index (χ4n) is 2.45. The molecule has 118 valence electrons. The minimum atomic E-state index is -3.54. The van der Waals surface area contributed by atoms with Gasteiger partial charge in [0.05, 0.1) is 4.90 Å². The third kappa shape index (κ3) is 3.62. The molecular formula is C14H19BrClNO3S. The molecule has 2 rings (SSSR count). The van der Waals surface area contributed by atoms with Crippen molar-refractivity contribution in [2.45, 2.75) is 36.6 Å². The second-order valence-electron chi connectivity index (χ2n) is 5.20. The van der Waals surface area contributed by atoms with Gasteiger partial charge in [0, 0.05) is 36.7 Å². The number of halogens is 2. The molecule has 0 saturated carbocycles. The normalized spacial score (nSPS) is 17.4. The first-order valence-corrected chi connectivity index (χ1v) is 9.55. The smallest absolute Gasteiger partial charge is 0.243 e. The predicted molar refractivity (Wildman–Crippen MR) is 87.2 cm³/mol. The van der Waals surface area contributed by atoms with Gasteiger partial charge in [-0.25, -0.2) is 8.42 Å². The zero-order valence-corrected chi connectivity index (χ0v) is 15.3. The van der Waals surface area contributed by atoms with E-state index >= 15 is 0 Å². The van der Waals surface area contributed by atoms with Crippen molar-refractivity contribution in [2.75, 3.05) is 20.3 Å². The molecule has 0 amide bonds. The number of alkyl halides is 1. The lowest BCUT2D eigenvalue weighted by Gasteiger charge is -2.31. The van der Waals surface area contributed by atoms with E-state index in [1.807, 2.05) is 6.07 Å². The highest BCUT2D eigenvalue weighted by Crippen LogP contribution is 2.30. The standard InChI is InChI=1S/C14H19BrClNO3S/c1-10-13(15)7-11(9-16)8-14(10)21(18,19)17(2)12-3-5-20-6-4-12/h7-8,12H,3-6,9H2,1-2H3. The summed E-state index contributed by atoms with van der Waals surface area (Å²) in [5, 5.41) is 0. The van der Waals surface area contributed by atoms with Gasteiger partial charge in [-0.05, 0) is 43.0 Å². The number of sulfonamides is 1. The molecule has 1 aliphatic heterocycles. The molecule has 0 aromatic heterocycles. The first-order chi connectivity index (χ1) is 9.87. The predicted octanol–water partition coefficient (Wildman–Crippen LogP) is 3.30. The highest BCUT2D eigenvalue weighted by atomic mass is 79.9. The highest BCUT2D eigenvalue weighted by molar-refractivity contribution is 9.10. The number of rotatable bonds is 4. The summed E-state index contributed by atoms with van der Waals surface area (Å²) in [5.41, 5.74) is 1.50. The van der Waals surface area contributed by atoms with Gasteiger partial charge < -0.3 is 4.74 Å². The van der Waals surface area contributed by atoms with E-state index in [1.54, 1.807) is 20.0 Å². The summed E-state index contributed by atoms with van der Waals surface area (Å²) in [6.45, 7) is 3.01. The number of hydrogen-bond acceptors (Lipinski definition) is 3. The van der Waals surface area contributed by atoms with Gasteiger partial charge in [-0.2, -0.15) is 4.31 Å². The van der Waals surface area contributed by atoms with Gasteiger partial charge in [-0.15, -0.1) is 11.6 Å². The van der Waals surface area contributed by atoms with Crippen LogP contribution in [0.25, 0.3) is 0 Å². The zero-order chi connectivity index (χ0) is 15.6. The summed E-state index contributed by atoms with van der Waals surface area (Å²) in [7, 11) is -1.89. The molecule has 0 N–H and O–H groups in total. The van der Waals surface area contributed by atoms with Crippen LogP contribution < -0.4 is 0 Å². The van der Waals surface area contributed by atoms with E-state index in [0.29, 0.717) is 23.7 Å². The van der Waals surface area contributed by atoms with E-state index in [2.05, 4.69) is 15.9 Å². The molecule has 0 spiro atoms. The fraction of sp³-hybridized carbons (Fsp3) is 0.571. The molecule has 1 aromatic carbocycles. The SMILES string of the molecule is Cc1c(Br)cc(CCl)cc1S(=O)(=O)N(C)C1CCOCC1. The van der Waals surface area contributed by atoms with Crippen molar-refractivity contribution < 1.29 is 13.2 Å². The summed E-state index contributed by atoms with van der Waals surface area (Å²) in [6.07, 6.45) is 1.45. The van der Waals surface area contributed by atoms with Crippen LogP contribution in [0.1, 0.15) is 24.0 Å². The Morgan fingerprint density at radius 1 is 1.38 bits per heavy atom. The van der Waals surface area contributed by atoms with Crippen LogP contribution in [-0.2, 0) is 20.6 Å². The first-order valence-electron chi connectivity index (χ1n) is 6.78. The second kappa shape index (κ2) is 6.96. The molecule has 1 heterocycles. The van der Waals surface area contributed by atoms with Gasteiger partial charge in [-0.3, -0.25) is 0 Å². The third-order valence-corrected chi connectivity index (χ3v) is 7.04. The lowest BCUT2D eigenvalue weighted by Crippen LogP contribution is -2.40. The lowest BCUT2D eigenvalue weighted by molar-refractivity contribution is 0.0632. The molecule has 0 bridgehead atoms. The number of benzene rings is 1. The monoisotopic (exact) mass is 395 g/mol. The van der Waals surface area contributed by atoms with Crippen LogP contribution in [0.5, 0.6) is 0 Å². The Bertz CT molecular complexity index is 615. The molecule has 1 fully saturated rings. The van der Waals surface area contributed by atoms with Crippen molar-refractivity contribution in [2.24, 2.45) is 0 Å². The maximum atomic E-state index is 12.9. The summed E-state index contributed by atoms with van der Waals surface area (Å²) in [5.74, 6) is 0.280. The van der Waals surface area contributed by atoms with Gasteiger partial charge in [0.1, 0.15) is 0 Å². The Morgan fingerprint density at radius 3 is 2.57 bits per heavy atom. The molecule has 4 nitrogen and oxygen atoms in total. The average molecular weight is 397 g/mol. The van der Waals surface area contributed by atoms with Crippen molar-refractivity contribution in [1.29, 1.82) is 0 Å². The maximum Gasteiger partial charge on any atom is 0.243 e. The molecule has 0 unspecified atom stereocenters. The summed E-state index contributed by atoms with van der Waals surface area (Å²) in [4.78, 5) is 0.321. The molecule has 1 aromatic rings. The van der Waals surface area contributed by atoms with E-state index in [1.165, 1.54) is 4.31 Å². The Morgan fingerprint density at radius 2 is 2.00 bits per heavy atom. The first kappa shape index (κ1) is 17.2. The van der Waals surface area contributed by atoms with Gasteiger partial charge in [0.15, 0.2) is 0 Å². The molecule has 7 heteroatoms. The van der Waals surface area contributed by atoms with Crippen LogP contribution >= 0.6 is 27.5 Å². The molecule has 1 saturated heterocycles. The van der Waals surface area contributed by atoms with Crippen LogP contribution in [0.15, 0.2) is 21.5 Å². The zero-order valence-electron chi connectivity index (χ0n) is 12.1. The molecule has 0 atom stereocenters. The molecule has 1 aliphatic rings. The van der Waals surface area contributed by atoms with E-state index < -0.39 is 10.0 Å². The minimum Gasteiger partial charge on any atom is -0.381 e. The van der Waals surface area contributed by atoms with Gasteiger partial charge in [-0.1, -0.05) is 15.9 Å². The quantitative estimate of drug-likeness (QED) is 0.734. The summed E-state index contributed by atoms with van der Waals surface area (Å²) in [6, 6.07) is 3.51. The summed E-state index contributed by atoms with van der Waals surface area (Å²) < 4.78 is 33.3. The molecule has 0 radical (unpaired) electrons. The van der Waals surface area contributed by atoms with Crippen LogP contribution in [0.3, 0.4) is 0 Å². The highest BCUT2D eigenvalue weighted by Gasteiger charge is 2.31. The van der Waals surface area contributed by atoms with E-state index in [4.69, 9.17) is 16.3 Å². The summed E-state index contributed by atoms with van der Waals surface area (Å²) >= 11 is 9.27. The van der Waals surface area contributed by atoms with Crippen LogP contribution in [0.2, 0.25) is 0 Å². The van der Waals surface area contributed by atoms with E-state index in [9.17, 15) is 8.42 Å². The topological polar surface area (TPSA) is 46.6 Å². The van der Waals surface area contributed by atoms with Crippen molar-refractivity contribution in [3.63, 3.8) is 0 Å². The molecule has 0 aliphatic carbocycles. The third-order valence-electron chi connectivity index (χ3n) is 3.87. The Balaban J connectivity index is 2.40. The average Bonchev–Trinajstić information content (AvgIpc) is 2.49. The largest absolute Gasteiger partial charge is 0.381 e. The van der Waals surface area contributed by atoms with Crippen molar-refractivity contribution in [3.8, 4) is 0 Å². The van der Waals surface area contributed by atoms with Crippen LogP contribution in [-0.4, -0.2) is 39.0 Å². The second-order valence-corrected chi connectivity index (χ2v) is 8.29. The fourth-order valence-corrected chi connectivity index (χ4v) is 4.96. The van der Waals surface area contributed by atoms with Crippen molar-refractivity contribution in [3.05, 3.63) is 27.7 Å². The van der Waals surface area contributed by atoms with Crippen molar-refractivity contribution >= 4 is 37.6 Å². The Labute approximate surface area is 139 Å². The van der Waals surface area contributed by atoms with Crippen LogP contribution in [0, 0.1) is 6.92 Å². The van der Waals surface area contributed by atoms with E-state index in [-0.39, 0.29) is 11.9 Å². The van der Waals surface area contributed by atoms with Crippen LogP contribution in [0.4, 0.5) is 0 Å². The number of nitrogens with zero attached hydrogens (tertiary/aromatic N) is 1. The minimum absolute atomic E-state index is 0.0124. The number of hydrogen-bond donors (Lipinski definition) is 0. The number of ether oxygens (including phenoxy) is 1. The molecule has 21 heavy (non-hydrogen) atoms. The Hall–Kier alpha value is -0.140.